The van der Waals surface area contributed by atoms with Crippen molar-refractivity contribution in [1.82, 2.24) is 0 Å². The third-order valence-electron chi connectivity index (χ3n) is 3.20. The van der Waals surface area contributed by atoms with E-state index in [0.29, 0.717) is 24.9 Å². The van der Waals surface area contributed by atoms with Gasteiger partial charge in [-0.25, -0.2) is 0 Å². The summed E-state index contributed by atoms with van der Waals surface area (Å²) >= 11 is 1.88. The molecule has 96 valence electrons. The van der Waals surface area contributed by atoms with Crippen LogP contribution in [-0.2, 0) is 6.42 Å². The smallest absolute Gasteiger partial charge is 0.00720 e. The molecule has 0 saturated heterocycles. The van der Waals surface area contributed by atoms with Crippen molar-refractivity contribution in [2.45, 2.75) is 25.2 Å². The maximum absolute atomic E-state index is 5.72. The summed E-state index contributed by atoms with van der Waals surface area (Å²) in [5.41, 5.74) is 12.8. The average Bonchev–Trinajstić information content (AvgIpc) is 2.33. The Hall–Kier alpha value is -0.510. The molecule has 0 radical (unpaired) electrons. The highest BCUT2D eigenvalue weighted by Crippen LogP contribution is 2.21. The van der Waals surface area contributed by atoms with E-state index in [1.165, 1.54) is 10.5 Å². The normalized spacial score (nSPS) is 13.0. The van der Waals surface area contributed by atoms with Gasteiger partial charge in [-0.3, -0.25) is 0 Å². The van der Waals surface area contributed by atoms with Crippen LogP contribution in [0.15, 0.2) is 29.2 Å². The van der Waals surface area contributed by atoms with Crippen LogP contribution in [0, 0.1) is 11.8 Å². The molecule has 1 aromatic carbocycles. The molecule has 4 N–H and O–H groups in total. The number of rotatable bonds is 7. The van der Waals surface area contributed by atoms with Crippen molar-refractivity contribution in [2.24, 2.45) is 23.3 Å². The lowest BCUT2D eigenvalue weighted by Gasteiger charge is -2.20. The van der Waals surface area contributed by atoms with Gasteiger partial charge in [0.15, 0.2) is 0 Å². The summed E-state index contributed by atoms with van der Waals surface area (Å²) in [5, 5.41) is 0. The molecule has 0 fully saturated rings. The highest BCUT2D eigenvalue weighted by molar-refractivity contribution is 7.99. The molecule has 0 aliphatic rings. The SMILES string of the molecule is CCSc1ccc(CC(C)C(CN)CN)cc1. The molecule has 17 heavy (non-hydrogen) atoms. The summed E-state index contributed by atoms with van der Waals surface area (Å²) in [7, 11) is 0. The highest BCUT2D eigenvalue weighted by atomic mass is 32.2. The number of hydrogen-bond acceptors (Lipinski definition) is 3. The van der Waals surface area contributed by atoms with Gasteiger partial charge in [-0.1, -0.05) is 26.0 Å². The van der Waals surface area contributed by atoms with Crippen molar-refractivity contribution in [1.29, 1.82) is 0 Å². The first-order chi connectivity index (χ1) is 8.21. The number of hydrogen-bond donors (Lipinski definition) is 2. The summed E-state index contributed by atoms with van der Waals surface area (Å²) in [6, 6.07) is 8.85. The molecule has 0 bridgehead atoms. The van der Waals surface area contributed by atoms with Crippen LogP contribution in [0.5, 0.6) is 0 Å². The van der Waals surface area contributed by atoms with Crippen LogP contribution in [-0.4, -0.2) is 18.8 Å². The van der Waals surface area contributed by atoms with E-state index in [0.717, 1.165) is 12.2 Å². The Labute approximate surface area is 109 Å². The Bertz CT molecular complexity index is 307. The first-order valence-corrected chi connectivity index (χ1v) is 7.31. The van der Waals surface area contributed by atoms with Crippen LogP contribution in [0.3, 0.4) is 0 Å². The molecule has 2 nitrogen and oxygen atoms in total. The molecule has 0 aromatic heterocycles. The second kappa shape index (κ2) is 7.75. The molecule has 1 rings (SSSR count). The molecule has 0 aliphatic carbocycles. The van der Waals surface area contributed by atoms with Crippen LogP contribution < -0.4 is 11.5 Å². The quantitative estimate of drug-likeness (QED) is 0.733. The van der Waals surface area contributed by atoms with Crippen LogP contribution in [0.4, 0.5) is 0 Å². The Morgan fingerprint density at radius 3 is 2.18 bits per heavy atom. The van der Waals surface area contributed by atoms with Crippen molar-refractivity contribution in [3.05, 3.63) is 29.8 Å². The van der Waals surface area contributed by atoms with E-state index in [1.807, 2.05) is 11.8 Å². The fourth-order valence-electron chi connectivity index (χ4n) is 1.99. The average molecular weight is 252 g/mol. The summed E-state index contributed by atoms with van der Waals surface area (Å²) < 4.78 is 0. The molecule has 1 unspecified atom stereocenters. The van der Waals surface area contributed by atoms with Crippen LogP contribution in [0.1, 0.15) is 19.4 Å². The molecule has 0 amide bonds. The third kappa shape index (κ3) is 4.70. The van der Waals surface area contributed by atoms with E-state index in [-0.39, 0.29) is 0 Å². The van der Waals surface area contributed by atoms with Gasteiger partial charge in [-0.2, -0.15) is 0 Å². The highest BCUT2D eigenvalue weighted by Gasteiger charge is 2.14. The van der Waals surface area contributed by atoms with Crippen LogP contribution in [0.25, 0.3) is 0 Å². The first kappa shape index (κ1) is 14.6. The second-order valence-electron chi connectivity index (χ2n) is 4.49. The summed E-state index contributed by atoms with van der Waals surface area (Å²) in [5.74, 6) is 2.10. The topological polar surface area (TPSA) is 52.0 Å². The molecule has 3 heteroatoms. The van der Waals surface area contributed by atoms with Gasteiger partial charge < -0.3 is 11.5 Å². The van der Waals surface area contributed by atoms with Gasteiger partial charge in [0.1, 0.15) is 0 Å². The van der Waals surface area contributed by atoms with Crippen molar-refractivity contribution in [2.75, 3.05) is 18.8 Å². The van der Waals surface area contributed by atoms with E-state index in [4.69, 9.17) is 11.5 Å². The van der Waals surface area contributed by atoms with E-state index >= 15 is 0 Å². The lowest BCUT2D eigenvalue weighted by atomic mass is 9.88. The second-order valence-corrected chi connectivity index (χ2v) is 5.83. The molecule has 0 saturated carbocycles. The first-order valence-electron chi connectivity index (χ1n) is 6.33. The van der Waals surface area contributed by atoms with Crippen molar-refractivity contribution < 1.29 is 0 Å². The number of benzene rings is 1. The summed E-state index contributed by atoms with van der Waals surface area (Å²) in [4.78, 5) is 1.35. The number of thioether (sulfide) groups is 1. The third-order valence-corrected chi connectivity index (χ3v) is 4.10. The molecule has 1 atom stereocenters. The standard InChI is InChI=1S/C14H24N2S/c1-3-17-14-6-4-12(5-7-14)8-11(2)13(9-15)10-16/h4-7,11,13H,3,8-10,15-16H2,1-2H3. The van der Waals surface area contributed by atoms with Gasteiger partial charge in [0.2, 0.25) is 0 Å². The fraction of sp³-hybridized carbons (Fsp3) is 0.571. The van der Waals surface area contributed by atoms with Gasteiger partial charge in [-0.15, -0.1) is 11.8 Å². The van der Waals surface area contributed by atoms with Gasteiger partial charge in [0.25, 0.3) is 0 Å². The zero-order valence-corrected chi connectivity index (χ0v) is 11.7. The van der Waals surface area contributed by atoms with Gasteiger partial charge in [0, 0.05) is 4.90 Å². The molecular weight excluding hydrogens is 228 g/mol. The van der Waals surface area contributed by atoms with Crippen molar-refractivity contribution in [3.63, 3.8) is 0 Å². The molecule has 1 aromatic rings. The summed E-state index contributed by atoms with van der Waals surface area (Å²) in [6.07, 6.45) is 1.07. The molecule has 0 aliphatic heterocycles. The van der Waals surface area contributed by atoms with E-state index in [2.05, 4.69) is 38.1 Å². The van der Waals surface area contributed by atoms with Gasteiger partial charge >= 0.3 is 0 Å². The minimum Gasteiger partial charge on any atom is -0.330 e. The predicted octanol–water partition coefficient (Wildman–Crippen LogP) is 2.51. The Kier molecular flexibility index (Phi) is 6.63. The maximum atomic E-state index is 5.72. The van der Waals surface area contributed by atoms with Crippen LogP contribution >= 0.6 is 11.8 Å². The van der Waals surface area contributed by atoms with Crippen molar-refractivity contribution >= 4 is 11.8 Å². The largest absolute Gasteiger partial charge is 0.330 e. The zero-order chi connectivity index (χ0) is 12.7. The Morgan fingerprint density at radius 1 is 1.12 bits per heavy atom. The van der Waals surface area contributed by atoms with E-state index < -0.39 is 0 Å². The van der Waals surface area contributed by atoms with Gasteiger partial charge in [0.05, 0.1) is 0 Å². The predicted molar refractivity (Wildman–Crippen MR) is 77.3 cm³/mol. The minimum atomic E-state index is 0.430. The van der Waals surface area contributed by atoms with E-state index in [1.54, 1.807) is 0 Å². The monoisotopic (exact) mass is 252 g/mol. The lowest BCUT2D eigenvalue weighted by molar-refractivity contribution is 0.372. The molecular formula is C14H24N2S. The minimum absolute atomic E-state index is 0.430. The maximum Gasteiger partial charge on any atom is 0.00720 e. The summed E-state index contributed by atoms with van der Waals surface area (Å²) in [6.45, 7) is 5.77. The fourth-order valence-corrected chi connectivity index (χ4v) is 2.65. The lowest BCUT2D eigenvalue weighted by Crippen LogP contribution is -2.30. The van der Waals surface area contributed by atoms with Crippen molar-refractivity contribution in [3.8, 4) is 0 Å². The Balaban J connectivity index is 2.56. The van der Waals surface area contributed by atoms with Crippen LogP contribution in [0.2, 0.25) is 0 Å². The Morgan fingerprint density at radius 2 is 1.71 bits per heavy atom. The van der Waals surface area contributed by atoms with E-state index in [9.17, 15) is 0 Å². The zero-order valence-electron chi connectivity index (χ0n) is 10.9. The molecule has 0 spiro atoms. The number of nitrogens with two attached hydrogens (primary N) is 2. The molecule has 0 heterocycles. The van der Waals surface area contributed by atoms with Gasteiger partial charge in [-0.05, 0) is 54.8 Å².